The van der Waals surface area contributed by atoms with Crippen molar-refractivity contribution in [1.82, 2.24) is 10.3 Å². The third-order valence-corrected chi connectivity index (χ3v) is 3.62. The van der Waals surface area contributed by atoms with Crippen LogP contribution in [0.3, 0.4) is 0 Å². The summed E-state index contributed by atoms with van der Waals surface area (Å²) >= 11 is 0. The number of alkyl halides is 3. The van der Waals surface area contributed by atoms with Crippen molar-refractivity contribution < 1.29 is 23.1 Å². The molecule has 0 aromatic carbocycles. The number of carbonyl (C=O) groups is 1. The smallest absolute Gasteiger partial charge is 0.391 e. The number of amides is 1. The lowest BCUT2D eigenvalue weighted by atomic mass is 10.1. The van der Waals surface area contributed by atoms with Gasteiger partial charge in [-0.05, 0) is 25.0 Å². The fourth-order valence-corrected chi connectivity index (χ4v) is 2.39. The minimum absolute atomic E-state index is 0.0838. The Morgan fingerprint density at radius 1 is 1.24 bits per heavy atom. The van der Waals surface area contributed by atoms with Crippen LogP contribution in [-0.4, -0.2) is 28.1 Å². The van der Waals surface area contributed by atoms with Crippen molar-refractivity contribution in [2.45, 2.75) is 50.4 Å². The first-order valence-corrected chi connectivity index (χ1v) is 6.90. The van der Waals surface area contributed by atoms with Gasteiger partial charge in [0.05, 0.1) is 17.7 Å². The Labute approximate surface area is 120 Å². The van der Waals surface area contributed by atoms with E-state index in [1.54, 1.807) is 0 Å². The molecule has 4 nitrogen and oxygen atoms in total. The van der Waals surface area contributed by atoms with E-state index >= 15 is 0 Å². The number of nitrogens with one attached hydrogen (secondary N) is 1. The molecule has 2 rings (SSSR count). The third-order valence-electron chi connectivity index (χ3n) is 3.62. The zero-order valence-electron chi connectivity index (χ0n) is 11.4. The van der Waals surface area contributed by atoms with Crippen molar-refractivity contribution in [3.8, 4) is 0 Å². The Kier molecular flexibility index (Phi) is 4.82. The van der Waals surface area contributed by atoms with Crippen LogP contribution in [0.15, 0.2) is 18.3 Å². The molecular weight excluding hydrogens is 285 g/mol. The predicted molar refractivity (Wildman–Crippen MR) is 69.6 cm³/mol. The highest BCUT2D eigenvalue weighted by Gasteiger charge is 2.31. The Morgan fingerprint density at radius 3 is 2.57 bits per heavy atom. The minimum atomic E-state index is -4.47. The maximum Gasteiger partial charge on any atom is 0.417 e. The molecule has 2 N–H and O–H groups in total. The normalized spacial score (nSPS) is 23.4. The molecule has 1 heterocycles. The van der Waals surface area contributed by atoms with Crippen LogP contribution >= 0.6 is 0 Å². The number of hydrogen-bond donors (Lipinski definition) is 2. The standard InChI is InChI=1S/C14H17F3N2O2/c15-14(16,17)9-6-7-11(18-8-9)13(21)19-10-4-2-1-3-5-12(10)20/h6-8,10,12,20H,1-5H2,(H,19,21). The number of nitrogens with zero attached hydrogens (tertiary/aromatic N) is 1. The van der Waals surface area contributed by atoms with Gasteiger partial charge in [0.25, 0.3) is 5.91 Å². The van der Waals surface area contributed by atoms with E-state index < -0.39 is 23.8 Å². The summed E-state index contributed by atoms with van der Waals surface area (Å²) in [6.07, 6.45) is -0.362. The first kappa shape index (κ1) is 15.8. The van der Waals surface area contributed by atoms with Crippen LogP contribution in [0.1, 0.15) is 48.2 Å². The van der Waals surface area contributed by atoms with E-state index in [-0.39, 0.29) is 11.7 Å². The molecule has 0 bridgehead atoms. The number of pyridine rings is 1. The number of aliphatic hydroxyl groups is 1. The zero-order chi connectivity index (χ0) is 15.5. The highest BCUT2D eigenvalue weighted by atomic mass is 19.4. The molecule has 1 saturated carbocycles. The van der Waals surface area contributed by atoms with Crippen molar-refractivity contribution >= 4 is 5.91 Å². The predicted octanol–water partition coefficient (Wildman–Crippen LogP) is 2.52. The summed E-state index contributed by atoms with van der Waals surface area (Å²) in [5.74, 6) is -0.560. The Hall–Kier alpha value is -1.63. The fourth-order valence-electron chi connectivity index (χ4n) is 2.39. The van der Waals surface area contributed by atoms with Crippen molar-refractivity contribution in [2.75, 3.05) is 0 Å². The van der Waals surface area contributed by atoms with E-state index in [2.05, 4.69) is 10.3 Å². The summed E-state index contributed by atoms with van der Waals surface area (Å²) in [6.45, 7) is 0. The highest BCUT2D eigenvalue weighted by molar-refractivity contribution is 5.92. The molecule has 2 unspecified atom stereocenters. The number of halogens is 3. The molecule has 0 aliphatic heterocycles. The summed E-state index contributed by atoms with van der Waals surface area (Å²) in [7, 11) is 0. The van der Waals surface area contributed by atoms with Gasteiger partial charge < -0.3 is 10.4 Å². The first-order chi connectivity index (χ1) is 9.88. The monoisotopic (exact) mass is 302 g/mol. The van der Waals surface area contributed by atoms with E-state index in [1.807, 2.05) is 0 Å². The summed E-state index contributed by atoms with van der Waals surface area (Å²) in [4.78, 5) is 15.5. The van der Waals surface area contributed by atoms with Gasteiger partial charge in [-0.15, -0.1) is 0 Å². The molecule has 0 spiro atoms. The summed E-state index contributed by atoms with van der Waals surface area (Å²) < 4.78 is 37.2. The first-order valence-electron chi connectivity index (χ1n) is 6.90. The van der Waals surface area contributed by atoms with E-state index in [0.717, 1.165) is 31.4 Å². The van der Waals surface area contributed by atoms with Crippen molar-refractivity contribution in [3.05, 3.63) is 29.6 Å². The van der Waals surface area contributed by atoms with E-state index in [1.165, 1.54) is 0 Å². The topological polar surface area (TPSA) is 62.2 Å². The second-order valence-corrected chi connectivity index (χ2v) is 5.22. The second kappa shape index (κ2) is 6.43. The number of aliphatic hydroxyl groups excluding tert-OH is 1. The van der Waals surface area contributed by atoms with Gasteiger partial charge in [0.1, 0.15) is 5.69 Å². The fraction of sp³-hybridized carbons (Fsp3) is 0.571. The molecule has 1 aromatic rings. The zero-order valence-corrected chi connectivity index (χ0v) is 11.4. The van der Waals surface area contributed by atoms with Gasteiger partial charge in [-0.1, -0.05) is 19.3 Å². The SMILES string of the molecule is O=C(NC1CCCCCC1O)c1ccc(C(F)(F)F)cn1. The molecule has 1 fully saturated rings. The second-order valence-electron chi connectivity index (χ2n) is 5.22. The van der Waals surface area contributed by atoms with Gasteiger partial charge in [0.15, 0.2) is 0 Å². The highest BCUT2D eigenvalue weighted by Crippen LogP contribution is 2.28. The molecular formula is C14H17F3N2O2. The number of hydrogen-bond acceptors (Lipinski definition) is 3. The van der Waals surface area contributed by atoms with Crippen LogP contribution in [0, 0.1) is 0 Å². The molecule has 116 valence electrons. The Bertz CT molecular complexity index is 488. The average Bonchev–Trinajstić information content (AvgIpc) is 2.63. The Balaban J connectivity index is 2.02. The lowest BCUT2D eigenvalue weighted by molar-refractivity contribution is -0.137. The van der Waals surface area contributed by atoms with Crippen LogP contribution in [0.25, 0.3) is 0 Å². The van der Waals surface area contributed by atoms with Crippen molar-refractivity contribution in [3.63, 3.8) is 0 Å². The van der Waals surface area contributed by atoms with E-state index in [0.29, 0.717) is 19.0 Å². The van der Waals surface area contributed by atoms with Crippen LogP contribution in [0.5, 0.6) is 0 Å². The number of rotatable bonds is 2. The van der Waals surface area contributed by atoms with Gasteiger partial charge in [-0.2, -0.15) is 13.2 Å². The molecule has 2 atom stereocenters. The largest absolute Gasteiger partial charge is 0.417 e. The number of aromatic nitrogens is 1. The summed E-state index contributed by atoms with van der Waals surface area (Å²) in [5, 5.41) is 12.6. The average molecular weight is 302 g/mol. The lowest BCUT2D eigenvalue weighted by Gasteiger charge is -2.21. The quantitative estimate of drug-likeness (QED) is 0.825. The van der Waals surface area contributed by atoms with E-state index in [4.69, 9.17) is 0 Å². The summed E-state index contributed by atoms with van der Waals surface area (Å²) in [5.41, 5.74) is -0.979. The molecule has 7 heteroatoms. The van der Waals surface area contributed by atoms with Gasteiger partial charge in [0, 0.05) is 6.20 Å². The van der Waals surface area contributed by atoms with Crippen LogP contribution in [0.4, 0.5) is 13.2 Å². The van der Waals surface area contributed by atoms with Gasteiger partial charge >= 0.3 is 6.18 Å². The number of carbonyl (C=O) groups excluding carboxylic acids is 1. The Morgan fingerprint density at radius 2 is 1.95 bits per heavy atom. The van der Waals surface area contributed by atoms with Crippen molar-refractivity contribution in [1.29, 1.82) is 0 Å². The van der Waals surface area contributed by atoms with Gasteiger partial charge in [-0.3, -0.25) is 9.78 Å². The summed E-state index contributed by atoms with van der Waals surface area (Å²) in [6, 6.07) is 1.50. The maximum atomic E-state index is 12.4. The molecule has 1 aromatic heterocycles. The molecule has 0 radical (unpaired) electrons. The molecule has 0 saturated heterocycles. The van der Waals surface area contributed by atoms with Crippen LogP contribution in [-0.2, 0) is 6.18 Å². The van der Waals surface area contributed by atoms with Crippen LogP contribution in [0.2, 0.25) is 0 Å². The van der Waals surface area contributed by atoms with Gasteiger partial charge in [-0.25, -0.2) is 0 Å². The third kappa shape index (κ3) is 4.17. The molecule has 1 aliphatic carbocycles. The molecule has 1 amide bonds. The molecule has 1 aliphatic rings. The van der Waals surface area contributed by atoms with Crippen LogP contribution < -0.4 is 5.32 Å². The van der Waals surface area contributed by atoms with Gasteiger partial charge in [0.2, 0.25) is 0 Å². The minimum Gasteiger partial charge on any atom is -0.391 e. The lowest BCUT2D eigenvalue weighted by Crippen LogP contribution is -2.42. The van der Waals surface area contributed by atoms with E-state index in [9.17, 15) is 23.1 Å². The molecule has 21 heavy (non-hydrogen) atoms. The van der Waals surface area contributed by atoms with Crippen molar-refractivity contribution in [2.24, 2.45) is 0 Å². The maximum absolute atomic E-state index is 12.4.